The summed E-state index contributed by atoms with van der Waals surface area (Å²) in [5.41, 5.74) is 6.74. The summed E-state index contributed by atoms with van der Waals surface area (Å²) in [6.07, 6.45) is 0. The minimum Gasteiger partial charge on any atom is -0.497 e. The van der Waals surface area contributed by atoms with Gasteiger partial charge < -0.3 is 19.9 Å². The van der Waals surface area contributed by atoms with Crippen molar-refractivity contribution in [2.45, 2.75) is 26.7 Å². The van der Waals surface area contributed by atoms with E-state index in [0.29, 0.717) is 28.4 Å². The van der Waals surface area contributed by atoms with Crippen molar-refractivity contribution in [1.82, 2.24) is 0 Å². The molecule has 0 aromatic heterocycles. The van der Waals surface area contributed by atoms with E-state index in [1.807, 2.05) is 20.8 Å². The molecule has 6 nitrogen and oxygen atoms in total. The summed E-state index contributed by atoms with van der Waals surface area (Å²) in [4.78, 5) is 0. The van der Waals surface area contributed by atoms with Crippen LogP contribution in [0.4, 0.5) is 0 Å². The third kappa shape index (κ3) is 3.25. The van der Waals surface area contributed by atoms with E-state index in [9.17, 15) is 10.5 Å². The van der Waals surface area contributed by atoms with Crippen molar-refractivity contribution in [3.63, 3.8) is 0 Å². The Kier molecular flexibility index (Phi) is 4.94. The molecule has 130 valence electrons. The number of hydrogen-bond acceptors (Lipinski definition) is 6. The van der Waals surface area contributed by atoms with Crippen molar-refractivity contribution in [3.05, 3.63) is 46.6 Å². The summed E-state index contributed by atoms with van der Waals surface area (Å²) in [7, 11) is 3.08. The van der Waals surface area contributed by atoms with Crippen molar-refractivity contribution >= 4 is 0 Å². The van der Waals surface area contributed by atoms with E-state index in [4.69, 9.17) is 19.9 Å². The van der Waals surface area contributed by atoms with Crippen molar-refractivity contribution < 1.29 is 14.2 Å². The van der Waals surface area contributed by atoms with Crippen LogP contribution in [-0.4, -0.2) is 14.2 Å². The van der Waals surface area contributed by atoms with E-state index in [1.165, 1.54) is 7.11 Å². The second kappa shape index (κ2) is 6.78. The molecule has 0 spiro atoms. The average Bonchev–Trinajstić information content (AvgIpc) is 2.59. The maximum atomic E-state index is 9.79. The van der Waals surface area contributed by atoms with Gasteiger partial charge in [0, 0.05) is 17.0 Å². The molecule has 0 fully saturated rings. The van der Waals surface area contributed by atoms with Gasteiger partial charge in [-0.2, -0.15) is 10.5 Å². The second-order valence-corrected chi connectivity index (χ2v) is 6.64. The molecule has 0 saturated carbocycles. The fraction of sp³-hybridized carbons (Fsp3) is 0.368. The Morgan fingerprint density at radius 1 is 1.08 bits per heavy atom. The first kappa shape index (κ1) is 18.2. The molecular weight excluding hydrogens is 318 g/mol. The molecule has 1 aliphatic rings. The lowest BCUT2D eigenvalue weighted by Crippen LogP contribution is -2.26. The molecule has 1 unspecified atom stereocenters. The SMILES string of the molecule is COc1ccc(C2C(C#N)=C(N)OC(C(C)(C)C)=C2C#N)c(OC)c1. The van der Waals surface area contributed by atoms with Crippen LogP contribution in [0, 0.1) is 28.1 Å². The van der Waals surface area contributed by atoms with Crippen molar-refractivity contribution in [1.29, 1.82) is 10.5 Å². The molecule has 0 amide bonds. The quantitative estimate of drug-likeness (QED) is 0.906. The van der Waals surface area contributed by atoms with Crippen LogP contribution in [0.15, 0.2) is 41.0 Å². The zero-order chi connectivity index (χ0) is 18.8. The van der Waals surface area contributed by atoms with Gasteiger partial charge in [0.2, 0.25) is 5.88 Å². The number of rotatable bonds is 3. The molecule has 25 heavy (non-hydrogen) atoms. The van der Waals surface area contributed by atoms with E-state index in [2.05, 4.69) is 12.1 Å². The monoisotopic (exact) mass is 339 g/mol. The molecule has 2 N–H and O–H groups in total. The largest absolute Gasteiger partial charge is 0.497 e. The molecule has 1 aromatic rings. The Morgan fingerprint density at radius 2 is 1.72 bits per heavy atom. The first-order chi connectivity index (χ1) is 11.8. The van der Waals surface area contributed by atoms with Gasteiger partial charge in [-0.25, -0.2) is 0 Å². The lowest BCUT2D eigenvalue weighted by molar-refractivity contribution is 0.199. The van der Waals surface area contributed by atoms with Crippen molar-refractivity contribution in [3.8, 4) is 23.6 Å². The number of nitriles is 2. The topological polar surface area (TPSA) is 101 Å². The summed E-state index contributed by atoms with van der Waals surface area (Å²) in [6, 6.07) is 9.51. The van der Waals surface area contributed by atoms with E-state index >= 15 is 0 Å². The molecule has 6 heteroatoms. The lowest BCUT2D eigenvalue weighted by atomic mass is 9.78. The van der Waals surface area contributed by atoms with Gasteiger partial charge in [-0.15, -0.1) is 0 Å². The number of ether oxygens (including phenoxy) is 3. The van der Waals surface area contributed by atoms with Crippen LogP contribution < -0.4 is 15.2 Å². The van der Waals surface area contributed by atoms with E-state index in [-0.39, 0.29) is 11.5 Å². The van der Waals surface area contributed by atoms with Crippen LogP contribution in [0.2, 0.25) is 0 Å². The first-order valence-electron chi connectivity index (χ1n) is 7.72. The summed E-state index contributed by atoms with van der Waals surface area (Å²) in [5, 5.41) is 19.4. The van der Waals surface area contributed by atoms with E-state index in [0.717, 1.165) is 0 Å². The molecule has 2 rings (SSSR count). The van der Waals surface area contributed by atoms with Crippen molar-refractivity contribution in [2.24, 2.45) is 11.1 Å². The standard InChI is InChI=1S/C19H21N3O3/c1-19(2,3)17-13(9-20)16(14(10-21)18(22)25-17)12-7-6-11(23-4)8-15(12)24-5/h6-8,16H,22H2,1-5H3. The third-order valence-electron chi connectivity index (χ3n) is 3.97. The Morgan fingerprint density at radius 3 is 2.20 bits per heavy atom. The van der Waals surface area contributed by atoms with Crippen LogP contribution in [0.25, 0.3) is 0 Å². The number of nitrogens with two attached hydrogens (primary N) is 1. The summed E-state index contributed by atoms with van der Waals surface area (Å²) < 4.78 is 16.3. The van der Waals surface area contributed by atoms with Gasteiger partial charge in [0.05, 0.1) is 31.8 Å². The number of hydrogen-bond donors (Lipinski definition) is 1. The Bertz CT molecular complexity index is 833. The van der Waals surface area contributed by atoms with Gasteiger partial charge in [-0.1, -0.05) is 26.8 Å². The maximum Gasteiger partial charge on any atom is 0.205 e. The zero-order valence-electron chi connectivity index (χ0n) is 15.0. The fourth-order valence-corrected chi connectivity index (χ4v) is 2.80. The number of allylic oxidation sites excluding steroid dienone is 3. The van der Waals surface area contributed by atoms with Crippen LogP contribution >= 0.6 is 0 Å². The molecule has 1 aromatic carbocycles. The van der Waals surface area contributed by atoms with Gasteiger partial charge in [-0.05, 0) is 6.07 Å². The highest BCUT2D eigenvalue weighted by molar-refractivity contribution is 5.58. The highest BCUT2D eigenvalue weighted by Gasteiger charge is 2.38. The molecule has 1 atom stereocenters. The second-order valence-electron chi connectivity index (χ2n) is 6.64. The fourth-order valence-electron chi connectivity index (χ4n) is 2.80. The van der Waals surface area contributed by atoms with Crippen molar-refractivity contribution in [2.75, 3.05) is 14.2 Å². The minimum atomic E-state index is -0.654. The van der Waals surface area contributed by atoms with Gasteiger partial charge >= 0.3 is 0 Å². The predicted octanol–water partition coefficient (Wildman–Crippen LogP) is 3.34. The molecule has 0 saturated heterocycles. The van der Waals surface area contributed by atoms with Gasteiger partial charge in [0.15, 0.2) is 0 Å². The molecule has 0 bridgehead atoms. The Labute approximate surface area is 147 Å². The molecule has 1 aliphatic heterocycles. The maximum absolute atomic E-state index is 9.79. The lowest BCUT2D eigenvalue weighted by Gasteiger charge is -2.32. The minimum absolute atomic E-state index is 0.00861. The van der Waals surface area contributed by atoms with Gasteiger partial charge in [-0.3, -0.25) is 0 Å². The van der Waals surface area contributed by atoms with Crippen LogP contribution in [-0.2, 0) is 4.74 Å². The van der Waals surface area contributed by atoms with Crippen LogP contribution in [0.1, 0.15) is 32.3 Å². The van der Waals surface area contributed by atoms with E-state index in [1.54, 1.807) is 25.3 Å². The summed E-state index contributed by atoms with van der Waals surface area (Å²) >= 11 is 0. The molecule has 0 aliphatic carbocycles. The number of nitrogens with zero attached hydrogens (tertiary/aromatic N) is 2. The zero-order valence-corrected chi connectivity index (χ0v) is 15.0. The van der Waals surface area contributed by atoms with Gasteiger partial charge in [0.25, 0.3) is 0 Å². The smallest absolute Gasteiger partial charge is 0.205 e. The van der Waals surface area contributed by atoms with E-state index < -0.39 is 11.3 Å². The predicted molar refractivity (Wildman–Crippen MR) is 92.3 cm³/mol. The number of methoxy groups -OCH3 is 2. The van der Waals surface area contributed by atoms with Gasteiger partial charge in [0.1, 0.15) is 28.9 Å². The Hall–Kier alpha value is -3.12. The van der Waals surface area contributed by atoms with Crippen LogP contribution in [0.3, 0.4) is 0 Å². The molecular formula is C19H21N3O3. The summed E-state index contributed by atoms with van der Waals surface area (Å²) in [6.45, 7) is 5.77. The Balaban J connectivity index is 2.78. The normalized spacial score (nSPS) is 17.5. The summed E-state index contributed by atoms with van der Waals surface area (Å²) in [5.74, 6) is 0.928. The highest BCUT2D eigenvalue weighted by Crippen LogP contribution is 2.46. The molecule has 1 heterocycles. The molecule has 0 radical (unpaired) electrons. The highest BCUT2D eigenvalue weighted by atomic mass is 16.5. The third-order valence-corrected chi connectivity index (χ3v) is 3.97. The first-order valence-corrected chi connectivity index (χ1v) is 7.72. The average molecular weight is 339 g/mol. The van der Waals surface area contributed by atoms with Crippen LogP contribution in [0.5, 0.6) is 11.5 Å². The number of benzene rings is 1.